The van der Waals surface area contributed by atoms with Crippen LogP contribution in [0.3, 0.4) is 0 Å². The molecule has 0 saturated carbocycles. The summed E-state index contributed by atoms with van der Waals surface area (Å²) >= 11 is 0. The van der Waals surface area contributed by atoms with Crippen LogP contribution in [0.5, 0.6) is 0 Å². The van der Waals surface area contributed by atoms with Gasteiger partial charge in [0.25, 0.3) is 5.92 Å². The molecule has 1 amide bonds. The van der Waals surface area contributed by atoms with Gasteiger partial charge in [0.2, 0.25) is 5.91 Å². The van der Waals surface area contributed by atoms with Crippen LogP contribution in [0.2, 0.25) is 0 Å². The first-order valence-corrected chi connectivity index (χ1v) is 7.16. The van der Waals surface area contributed by atoms with Crippen molar-refractivity contribution in [2.45, 2.75) is 44.6 Å². The molecule has 1 heterocycles. The third-order valence-corrected chi connectivity index (χ3v) is 3.93. The maximum absolute atomic E-state index is 13.1. The molecule has 1 aliphatic heterocycles. The van der Waals surface area contributed by atoms with Crippen LogP contribution in [-0.2, 0) is 10.2 Å². The predicted octanol–water partition coefficient (Wildman–Crippen LogP) is 2.39. The molecule has 1 aliphatic rings. The normalized spacial score (nSPS) is 21.3. The number of benzene rings is 1. The van der Waals surface area contributed by atoms with E-state index in [1.165, 1.54) is 0 Å². The molecule has 1 fully saturated rings. The second-order valence-corrected chi connectivity index (χ2v) is 6.46. The molecule has 1 aromatic rings. The number of aryl methyl sites for hydroxylation is 1. The highest BCUT2D eigenvalue weighted by Gasteiger charge is 2.42. The lowest BCUT2D eigenvalue weighted by atomic mass is 9.84. The van der Waals surface area contributed by atoms with Gasteiger partial charge in [0, 0.05) is 18.4 Å². The summed E-state index contributed by atoms with van der Waals surface area (Å²) < 4.78 is 26.2. The Morgan fingerprint density at radius 3 is 2.76 bits per heavy atom. The lowest BCUT2D eigenvalue weighted by Gasteiger charge is -2.26. The number of alkyl halides is 2. The van der Waals surface area contributed by atoms with E-state index in [0.717, 1.165) is 11.1 Å². The quantitative estimate of drug-likeness (QED) is 0.896. The van der Waals surface area contributed by atoms with Crippen molar-refractivity contribution >= 4 is 5.91 Å². The number of nitrogens with one attached hydrogen (secondary N) is 2. The largest absolute Gasteiger partial charge is 0.354 e. The zero-order chi connectivity index (χ0) is 15.7. The maximum Gasteiger partial charge on any atom is 0.262 e. The minimum Gasteiger partial charge on any atom is -0.354 e. The first-order valence-electron chi connectivity index (χ1n) is 7.16. The molecule has 2 rings (SSSR count). The zero-order valence-corrected chi connectivity index (χ0v) is 12.7. The van der Waals surface area contributed by atoms with Crippen LogP contribution < -0.4 is 10.6 Å². The Balaban J connectivity index is 1.94. The third kappa shape index (κ3) is 4.00. The molecule has 1 saturated heterocycles. The Morgan fingerprint density at radius 2 is 2.19 bits per heavy atom. The SMILES string of the molecule is Cc1cccc(C(C)(C)CNC(=O)C2CC(F)(F)CN2)c1. The second kappa shape index (κ2) is 5.72. The summed E-state index contributed by atoms with van der Waals surface area (Å²) in [5.74, 6) is -3.14. The van der Waals surface area contributed by atoms with Gasteiger partial charge in [-0.05, 0) is 12.5 Å². The lowest BCUT2D eigenvalue weighted by molar-refractivity contribution is -0.123. The Kier molecular flexibility index (Phi) is 4.33. The number of hydrogen-bond donors (Lipinski definition) is 2. The molecular weight excluding hydrogens is 274 g/mol. The number of rotatable bonds is 4. The van der Waals surface area contributed by atoms with E-state index in [4.69, 9.17) is 0 Å². The lowest BCUT2D eigenvalue weighted by Crippen LogP contribution is -2.45. The smallest absolute Gasteiger partial charge is 0.262 e. The van der Waals surface area contributed by atoms with Crippen LogP contribution in [-0.4, -0.2) is 31.0 Å². The molecule has 21 heavy (non-hydrogen) atoms. The summed E-state index contributed by atoms with van der Waals surface area (Å²) in [6, 6.07) is 7.29. The van der Waals surface area contributed by atoms with Gasteiger partial charge < -0.3 is 5.32 Å². The molecule has 0 bridgehead atoms. The fraction of sp³-hybridized carbons (Fsp3) is 0.562. The summed E-state index contributed by atoms with van der Waals surface area (Å²) in [7, 11) is 0. The number of halogens is 2. The summed E-state index contributed by atoms with van der Waals surface area (Å²) in [5, 5.41) is 5.36. The van der Waals surface area contributed by atoms with Crippen molar-refractivity contribution in [3.05, 3.63) is 35.4 Å². The van der Waals surface area contributed by atoms with E-state index < -0.39 is 24.9 Å². The van der Waals surface area contributed by atoms with Gasteiger partial charge in [-0.25, -0.2) is 8.78 Å². The van der Waals surface area contributed by atoms with E-state index >= 15 is 0 Å². The van der Waals surface area contributed by atoms with Gasteiger partial charge in [-0.1, -0.05) is 43.7 Å². The molecule has 0 spiro atoms. The molecule has 0 aliphatic carbocycles. The van der Waals surface area contributed by atoms with Crippen LogP contribution in [0, 0.1) is 6.92 Å². The third-order valence-electron chi connectivity index (χ3n) is 3.93. The van der Waals surface area contributed by atoms with Gasteiger partial charge in [-0.15, -0.1) is 0 Å². The fourth-order valence-corrected chi connectivity index (χ4v) is 2.50. The molecular formula is C16H22F2N2O. The van der Waals surface area contributed by atoms with Crippen LogP contribution in [0.4, 0.5) is 8.78 Å². The first-order chi connectivity index (χ1) is 9.70. The number of hydrogen-bond acceptors (Lipinski definition) is 2. The standard InChI is InChI=1S/C16H22F2N2O/c1-11-5-4-6-12(7-11)15(2,3)9-20-14(21)13-8-16(17,18)10-19-13/h4-7,13,19H,8-10H2,1-3H3,(H,20,21). The Bertz CT molecular complexity index is 529. The van der Waals surface area contributed by atoms with Crippen LogP contribution in [0.1, 0.15) is 31.4 Å². The molecule has 1 unspecified atom stereocenters. The first kappa shape index (κ1) is 15.9. The highest BCUT2D eigenvalue weighted by molar-refractivity contribution is 5.82. The van der Waals surface area contributed by atoms with Crippen molar-refractivity contribution in [2.24, 2.45) is 0 Å². The Hall–Kier alpha value is -1.49. The molecule has 1 atom stereocenters. The van der Waals surface area contributed by atoms with E-state index in [9.17, 15) is 13.6 Å². The van der Waals surface area contributed by atoms with Gasteiger partial charge in [0.15, 0.2) is 0 Å². The van der Waals surface area contributed by atoms with E-state index in [0.29, 0.717) is 6.54 Å². The van der Waals surface area contributed by atoms with Crippen molar-refractivity contribution in [3.63, 3.8) is 0 Å². The summed E-state index contributed by atoms with van der Waals surface area (Å²) in [5.41, 5.74) is 2.03. The summed E-state index contributed by atoms with van der Waals surface area (Å²) in [6.45, 7) is 6.06. The number of amides is 1. The zero-order valence-electron chi connectivity index (χ0n) is 12.7. The molecule has 116 valence electrons. The highest BCUT2D eigenvalue weighted by Crippen LogP contribution is 2.26. The molecule has 0 aromatic heterocycles. The van der Waals surface area contributed by atoms with Gasteiger partial charge >= 0.3 is 0 Å². The van der Waals surface area contributed by atoms with E-state index in [1.54, 1.807) is 0 Å². The average molecular weight is 296 g/mol. The van der Waals surface area contributed by atoms with Crippen molar-refractivity contribution in [3.8, 4) is 0 Å². The van der Waals surface area contributed by atoms with Crippen LogP contribution in [0.15, 0.2) is 24.3 Å². The van der Waals surface area contributed by atoms with Gasteiger partial charge in [-0.2, -0.15) is 0 Å². The Morgan fingerprint density at radius 1 is 1.48 bits per heavy atom. The monoisotopic (exact) mass is 296 g/mol. The summed E-state index contributed by atoms with van der Waals surface area (Å²) in [6.07, 6.45) is -0.427. The molecule has 0 radical (unpaired) electrons. The van der Waals surface area contributed by atoms with E-state index in [-0.39, 0.29) is 11.3 Å². The maximum atomic E-state index is 13.1. The van der Waals surface area contributed by atoms with Crippen molar-refractivity contribution < 1.29 is 13.6 Å². The second-order valence-electron chi connectivity index (χ2n) is 6.46. The molecule has 1 aromatic carbocycles. The Labute approximate surface area is 124 Å². The average Bonchev–Trinajstić information content (AvgIpc) is 2.76. The molecule has 5 heteroatoms. The van der Waals surface area contributed by atoms with Crippen LogP contribution >= 0.6 is 0 Å². The van der Waals surface area contributed by atoms with Crippen LogP contribution in [0.25, 0.3) is 0 Å². The van der Waals surface area contributed by atoms with E-state index in [1.807, 2.05) is 39.0 Å². The molecule has 2 N–H and O–H groups in total. The topological polar surface area (TPSA) is 41.1 Å². The van der Waals surface area contributed by atoms with Gasteiger partial charge in [0.05, 0.1) is 12.6 Å². The van der Waals surface area contributed by atoms with Gasteiger partial charge in [0.1, 0.15) is 0 Å². The van der Waals surface area contributed by atoms with Crippen molar-refractivity contribution in [2.75, 3.05) is 13.1 Å². The van der Waals surface area contributed by atoms with E-state index in [2.05, 4.69) is 16.7 Å². The number of carbonyl (C=O) groups excluding carboxylic acids is 1. The van der Waals surface area contributed by atoms with Crippen molar-refractivity contribution in [1.29, 1.82) is 0 Å². The predicted molar refractivity (Wildman–Crippen MR) is 78.6 cm³/mol. The van der Waals surface area contributed by atoms with Gasteiger partial charge in [-0.3, -0.25) is 10.1 Å². The molecule has 3 nitrogen and oxygen atoms in total. The highest BCUT2D eigenvalue weighted by atomic mass is 19.3. The summed E-state index contributed by atoms with van der Waals surface area (Å²) in [4.78, 5) is 12.0. The van der Waals surface area contributed by atoms with Crippen molar-refractivity contribution in [1.82, 2.24) is 10.6 Å². The number of carbonyl (C=O) groups is 1. The fourth-order valence-electron chi connectivity index (χ4n) is 2.50. The minimum absolute atomic E-state index is 0.247. The minimum atomic E-state index is -2.78.